The van der Waals surface area contributed by atoms with Gasteiger partial charge in [-0.1, -0.05) is 20.4 Å². The first-order valence-electron chi connectivity index (χ1n) is 4.19. The van der Waals surface area contributed by atoms with Crippen molar-refractivity contribution in [2.24, 2.45) is 11.0 Å². The highest BCUT2D eigenvalue weighted by Gasteiger charge is 2.18. The van der Waals surface area contributed by atoms with Crippen LogP contribution in [0.15, 0.2) is 28.5 Å². The van der Waals surface area contributed by atoms with Gasteiger partial charge in [-0.15, -0.1) is 0 Å². The highest BCUT2D eigenvalue weighted by atomic mass is 15.4. The second kappa shape index (κ2) is 3.44. The number of hydrogen-bond donors (Lipinski definition) is 0. The van der Waals surface area contributed by atoms with E-state index in [0.29, 0.717) is 17.2 Å². The quantitative estimate of drug-likeness (QED) is 0.610. The fourth-order valence-electron chi connectivity index (χ4n) is 1.18. The van der Waals surface area contributed by atoms with Crippen LogP contribution in [-0.4, -0.2) is 18.3 Å². The van der Waals surface area contributed by atoms with Gasteiger partial charge in [-0.05, 0) is 11.5 Å². The molecule has 0 amide bonds. The summed E-state index contributed by atoms with van der Waals surface area (Å²) in [5, 5.41) is 14.7. The first kappa shape index (κ1) is 9.53. The summed E-state index contributed by atoms with van der Waals surface area (Å²) < 4.78 is 0. The smallest absolute Gasteiger partial charge is 0.102 e. The molecule has 0 bridgehead atoms. The van der Waals surface area contributed by atoms with Gasteiger partial charge < -0.3 is 0 Å². The molecule has 68 valence electrons. The zero-order valence-electron chi connectivity index (χ0n) is 8.20. The van der Waals surface area contributed by atoms with Gasteiger partial charge in [0.15, 0.2) is 0 Å². The van der Waals surface area contributed by atoms with E-state index in [9.17, 15) is 0 Å². The SMILES string of the molecule is C=C1C(C#N)=C(C(C)C)C=NN1C. The largest absolute Gasteiger partial charge is 0.268 e. The second-order valence-electron chi connectivity index (χ2n) is 3.31. The van der Waals surface area contributed by atoms with Crippen LogP contribution >= 0.6 is 0 Å². The summed E-state index contributed by atoms with van der Waals surface area (Å²) in [6.45, 7) is 7.89. The molecular formula is C10H13N3. The highest BCUT2D eigenvalue weighted by molar-refractivity contribution is 5.84. The van der Waals surface area contributed by atoms with E-state index in [1.807, 2.05) is 13.8 Å². The fraction of sp³-hybridized carbons (Fsp3) is 0.400. The van der Waals surface area contributed by atoms with E-state index in [4.69, 9.17) is 5.26 Å². The molecule has 0 saturated carbocycles. The molecule has 1 heterocycles. The van der Waals surface area contributed by atoms with Crippen molar-refractivity contribution < 1.29 is 0 Å². The lowest BCUT2D eigenvalue weighted by Gasteiger charge is -2.22. The molecule has 0 aliphatic carbocycles. The van der Waals surface area contributed by atoms with Gasteiger partial charge in [0.2, 0.25) is 0 Å². The van der Waals surface area contributed by atoms with E-state index >= 15 is 0 Å². The van der Waals surface area contributed by atoms with Crippen LogP contribution in [0.5, 0.6) is 0 Å². The Balaban J connectivity index is 3.18. The van der Waals surface area contributed by atoms with Crippen LogP contribution in [0.3, 0.4) is 0 Å². The second-order valence-corrected chi connectivity index (χ2v) is 3.31. The lowest BCUT2D eigenvalue weighted by Crippen LogP contribution is -2.19. The number of hydrogen-bond acceptors (Lipinski definition) is 3. The summed E-state index contributed by atoms with van der Waals surface area (Å²) in [6.07, 6.45) is 1.73. The van der Waals surface area contributed by atoms with Gasteiger partial charge in [-0.3, -0.25) is 5.01 Å². The number of nitriles is 1. The van der Waals surface area contributed by atoms with E-state index in [1.54, 1.807) is 18.3 Å². The average molecular weight is 175 g/mol. The summed E-state index contributed by atoms with van der Waals surface area (Å²) >= 11 is 0. The number of hydrazone groups is 1. The van der Waals surface area contributed by atoms with Crippen molar-refractivity contribution in [1.82, 2.24) is 5.01 Å². The summed E-state index contributed by atoms with van der Waals surface area (Å²) in [4.78, 5) is 0. The Kier molecular flexibility index (Phi) is 2.52. The van der Waals surface area contributed by atoms with Gasteiger partial charge in [0.1, 0.15) is 6.07 Å². The minimum atomic E-state index is 0.309. The van der Waals surface area contributed by atoms with Crippen LogP contribution in [-0.2, 0) is 0 Å². The molecule has 13 heavy (non-hydrogen) atoms. The monoisotopic (exact) mass is 175 g/mol. The molecule has 0 N–H and O–H groups in total. The Labute approximate surface area is 78.7 Å². The Morgan fingerprint density at radius 3 is 2.69 bits per heavy atom. The zero-order valence-corrected chi connectivity index (χ0v) is 8.20. The molecule has 0 unspecified atom stereocenters. The van der Waals surface area contributed by atoms with Crippen LogP contribution in [0, 0.1) is 17.2 Å². The first-order valence-corrected chi connectivity index (χ1v) is 4.19. The van der Waals surface area contributed by atoms with Gasteiger partial charge >= 0.3 is 0 Å². The average Bonchev–Trinajstić information content (AvgIpc) is 2.09. The lowest BCUT2D eigenvalue weighted by atomic mass is 9.96. The summed E-state index contributed by atoms with van der Waals surface area (Å²) in [5.41, 5.74) is 2.28. The van der Waals surface area contributed by atoms with Crippen molar-refractivity contribution in [2.75, 3.05) is 7.05 Å². The number of likely N-dealkylation sites (N-methyl/N-ethyl adjacent to an activating group) is 1. The molecule has 0 atom stereocenters. The van der Waals surface area contributed by atoms with Gasteiger partial charge in [-0.25, -0.2) is 0 Å². The van der Waals surface area contributed by atoms with E-state index in [-0.39, 0.29) is 0 Å². The maximum absolute atomic E-state index is 8.94. The van der Waals surface area contributed by atoms with Crippen molar-refractivity contribution in [3.63, 3.8) is 0 Å². The fourth-order valence-corrected chi connectivity index (χ4v) is 1.18. The predicted molar refractivity (Wildman–Crippen MR) is 52.9 cm³/mol. The molecular weight excluding hydrogens is 162 g/mol. The van der Waals surface area contributed by atoms with E-state index < -0.39 is 0 Å². The molecule has 1 aliphatic heterocycles. The third-order valence-corrected chi connectivity index (χ3v) is 2.07. The Hall–Kier alpha value is -1.56. The van der Waals surface area contributed by atoms with Gasteiger partial charge in [0.05, 0.1) is 17.5 Å². The molecule has 3 nitrogen and oxygen atoms in total. The normalized spacial score (nSPS) is 16.8. The Bertz CT molecular complexity index is 329. The predicted octanol–water partition coefficient (Wildman–Crippen LogP) is 1.91. The van der Waals surface area contributed by atoms with Gasteiger partial charge in [0, 0.05) is 7.05 Å². The minimum Gasteiger partial charge on any atom is -0.268 e. The molecule has 0 aromatic rings. The molecule has 0 spiro atoms. The molecule has 1 rings (SSSR count). The van der Waals surface area contributed by atoms with E-state index in [0.717, 1.165) is 5.57 Å². The highest BCUT2D eigenvalue weighted by Crippen LogP contribution is 2.23. The van der Waals surface area contributed by atoms with Crippen molar-refractivity contribution in [3.05, 3.63) is 23.4 Å². The van der Waals surface area contributed by atoms with Crippen molar-refractivity contribution in [1.29, 1.82) is 5.26 Å². The standard InChI is InChI=1S/C10H13N3/c1-7(2)10-6-12-13(4)8(3)9(10)5-11/h6-7H,3H2,1-2,4H3. The first-order chi connectivity index (χ1) is 6.07. The molecule has 1 aliphatic rings. The van der Waals surface area contributed by atoms with Crippen molar-refractivity contribution in [2.45, 2.75) is 13.8 Å². The van der Waals surface area contributed by atoms with Gasteiger partial charge in [-0.2, -0.15) is 10.4 Å². The Morgan fingerprint density at radius 1 is 1.62 bits per heavy atom. The zero-order chi connectivity index (χ0) is 10.0. The summed E-state index contributed by atoms with van der Waals surface area (Å²) in [7, 11) is 1.78. The summed E-state index contributed by atoms with van der Waals surface area (Å²) in [5.74, 6) is 0.309. The van der Waals surface area contributed by atoms with E-state index in [1.165, 1.54) is 0 Å². The molecule has 0 aromatic heterocycles. The van der Waals surface area contributed by atoms with Crippen LogP contribution in [0.1, 0.15) is 13.8 Å². The van der Waals surface area contributed by atoms with Crippen LogP contribution in [0.2, 0.25) is 0 Å². The molecule has 0 radical (unpaired) electrons. The number of allylic oxidation sites excluding steroid dienone is 2. The van der Waals surface area contributed by atoms with Gasteiger partial charge in [0.25, 0.3) is 0 Å². The van der Waals surface area contributed by atoms with Crippen LogP contribution in [0.25, 0.3) is 0 Å². The van der Waals surface area contributed by atoms with Crippen LogP contribution < -0.4 is 0 Å². The summed E-state index contributed by atoms with van der Waals surface area (Å²) in [6, 6.07) is 2.16. The lowest BCUT2D eigenvalue weighted by molar-refractivity contribution is 0.453. The maximum Gasteiger partial charge on any atom is 0.102 e. The third-order valence-electron chi connectivity index (χ3n) is 2.07. The number of rotatable bonds is 1. The topological polar surface area (TPSA) is 39.4 Å². The van der Waals surface area contributed by atoms with Crippen molar-refractivity contribution in [3.8, 4) is 6.07 Å². The molecule has 3 heteroatoms. The maximum atomic E-state index is 8.94. The minimum absolute atomic E-state index is 0.309. The molecule has 0 saturated heterocycles. The Morgan fingerprint density at radius 2 is 2.23 bits per heavy atom. The molecule has 0 aromatic carbocycles. The third kappa shape index (κ3) is 1.62. The number of nitrogens with zero attached hydrogens (tertiary/aromatic N) is 3. The van der Waals surface area contributed by atoms with E-state index in [2.05, 4.69) is 17.7 Å². The molecule has 0 fully saturated rings. The van der Waals surface area contributed by atoms with Crippen LogP contribution in [0.4, 0.5) is 0 Å². The van der Waals surface area contributed by atoms with Crippen molar-refractivity contribution >= 4 is 6.21 Å².